The molecule has 1 aliphatic rings. The molecule has 2 amide bonds. The first kappa shape index (κ1) is 20.4. The molecule has 1 aliphatic heterocycles. The van der Waals surface area contributed by atoms with E-state index >= 15 is 0 Å². The van der Waals surface area contributed by atoms with Crippen molar-refractivity contribution in [1.82, 2.24) is 0 Å². The van der Waals surface area contributed by atoms with Gasteiger partial charge < -0.3 is 15.2 Å². The van der Waals surface area contributed by atoms with Crippen molar-refractivity contribution in [3.05, 3.63) is 53.6 Å². The van der Waals surface area contributed by atoms with Crippen molar-refractivity contribution in [2.75, 3.05) is 16.8 Å². The molecule has 0 saturated heterocycles. The van der Waals surface area contributed by atoms with Crippen LogP contribution >= 0.6 is 0 Å². The summed E-state index contributed by atoms with van der Waals surface area (Å²) in [7, 11) is 0. The Labute approximate surface area is 169 Å². The van der Waals surface area contributed by atoms with Crippen molar-refractivity contribution in [2.24, 2.45) is 0 Å². The van der Waals surface area contributed by atoms with Gasteiger partial charge >= 0.3 is 5.97 Å². The van der Waals surface area contributed by atoms with Gasteiger partial charge in [0.2, 0.25) is 5.91 Å². The van der Waals surface area contributed by atoms with Crippen molar-refractivity contribution in [3.63, 3.8) is 0 Å². The summed E-state index contributed by atoms with van der Waals surface area (Å²) in [5.41, 5.74) is 2.14. The van der Waals surface area contributed by atoms with Crippen LogP contribution in [0.3, 0.4) is 0 Å². The Balaban J connectivity index is 1.74. The Bertz CT molecular complexity index is 923. The first-order chi connectivity index (χ1) is 13.9. The number of hydrogen-bond acceptors (Lipinski definition) is 4. The number of unbranched alkanes of at least 4 members (excludes halogenated alkanes) is 1. The van der Waals surface area contributed by atoms with E-state index in [1.54, 1.807) is 6.92 Å². The van der Waals surface area contributed by atoms with E-state index in [1.165, 1.54) is 28.7 Å². The van der Waals surface area contributed by atoms with Gasteiger partial charge in [-0.25, -0.2) is 4.79 Å². The van der Waals surface area contributed by atoms with Gasteiger partial charge in [-0.2, -0.15) is 0 Å². The highest BCUT2D eigenvalue weighted by Crippen LogP contribution is 2.35. The molecule has 0 spiro atoms. The van der Waals surface area contributed by atoms with Crippen LogP contribution in [0.25, 0.3) is 0 Å². The number of rotatable bonds is 7. The van der Waals surface area contributed by atoms with Crippen LogP contribution in [0.1, 0.15) is 42.6 Å². The van der Waals surface area contributed by atoms with Crippen LogP contribution in [0, 0.1) is 0 Å². The fraction of sp³-hybridized carbons (Fsp3) is 0.318. The second kappa shape index (κ2) is 8.77. The largest absolute Gasteiger partial charge is 0.479 e. The molecule has 2 N–H and O–H groups in total. The maximum Gasteiger partial charge on any atom is 0.335 e. The average Bonchev–Trinajstić information content (AvgIpc) is 2.70. The summed E-state index contributed by atoms with van der Waals surface area (Å²) in [4.78, 5) is 37.7. The molecule has 7 heteroatoms. The first-order valence-corrected chi connectivity index (χ1v) is 9.63. The zero-order valence-corrected chi connectivity index (χ0v) is 16.5. The van der Waals surface area contributed by atoms with Crippen LogP contribution in [0.5, 0.6) is 5.75 Å². The van der Waals surface area contributed by atoms with Crippen LogP contribution < -0.4 is 15.0 Å². The summed E-state index contributed by atoms with van der Waals surface area (Å²) in [5, 5.41) is 12.0. The normalized spacial score (nSPS) is 15.4. The number of aryl methyl sites for hydroxylation is 1. The van der Waals surface area contributed by atoms with Gasteiger partial charge in [0, 0.05) is 5.69 Å². The second-order valence-electron chi connectivity index (χ2n) is 7.02. The molecule has 1 unspecified atom stereocenters. The number of ether oxygens (including phenoxy) is 1. The molecular weight excluding hydrogens is 372 g/mol. The Hall–Kier alpha value is -3.35. The number of carbonyl (C=O) groups is 3. The molecule has 0 fully saturated rings. The minimum Gasteiger partial charge on any atom is -0.479 e. The third-order valence-electron chi connectivity index (χ3n) is 4.77. The SMILES string of the molecule is CCCCc1ccc(NC(=O)CN2C(=O)C(C)Oc3ccc(C(=O)O)cc32)cc1. The molecule has 2 aromatic carbocycles. The number of anilines is 2. The average molecular weight is 396 g/mol. The lowest BCUT2D eigenvalue weighted by Gasteiger charge is -2.32. The van der Waals surface area contributed by atoms with Gasteiger partial charge in [-0.3, -0.25) is 14.5 Å². The summed E-state index contributed by atoms with van der Waals surface area (Å²) in [5.74, 6) is -1.52. The molecular formula is C22H24N2O5. The molecule has 2 aromatic rings. The lowest BCUT2D eigenvalue weighted by atomic mass is 10.1. The smallest absolute Gasteiger partial charge is 0.335 e. The number of aromatic carboxylic acids is 1. The van der Waals surface area contributed by atoms with Gasteiger partial charge in [-0.05, 0) is 55.7 Å². The Morgan fingerprint density at radius 2 is 1.90 bits per heavy atom. The number of carboxylic acid groups (broad SMARTS) is 1. The molecule has 1 atom stereocenters. The van der Waals surface area contributed by atoms with Crippen molar-refractivity contribution < 1.29 is 24.2 Å². The molecule has 1 heterocycles. The first-order valence-electron chi connectivity index (χ1n) is 9.63. The third kappa shape index (κ3) is 4.74. The van der Waals surface area contributed by atoms with Crippen LogP contribution in [0.2, 0.25) is 0 Å². The lowest BCUT2D eigenvalue weighted by molar-refractivity contribution is -0.127. The number of carbonyl (C=O) groups excluding carboxylic acids is 2. The van der Waals surface area contributed by atoms with Crippen LogP contribution in [0.4, 0.5) is 11.4 Å². The summed E-state index contributed by atoms with van der Waals surface area (Å²) < 4.78 is 5.54. The van der Waals surface area contributed by atoms with Crippen LogP contribution in [-0.4, -0.2) is 35.5 Å². The monoisotopic (exact) mass is 396 g/mol. The second-order valence-corrected chi connectivity index (χ2v) is 7.02. The molecule has 0 bridgehead atoms. The number of nitrogens with zero attached hydrogens (tertiary/aromatic N) is 1. The van der Waals surface area contributed by atoms with Gasteiger partial charge in [0.15, 0.2) is 6.10 Å². The fourth-order valence-corrected chi connectivity index (χ4v) is 3.18. The van der Waals surface area contributed by atoms with Crippen LogP contribution in [0.15, 0.2) is 42.5 Å². The van der Waals surface area contributed by atoms with E-state index in [0.29, 0.717) is 11.4 Å². The van der Waals surface area contributed by atoms with Gasteiger partial charge in [0.25, 0.3) is 5.91 Å². The quantitative estimate of drug-likeness (QED) is 0.747. The van der Waals surface area contributed by atoms with E-state index in [-0.39, 0.29) is 23.7 Å². The zero-order valence-electron chi connectivity index (χ0n) is 16.5. The standard InChI is InChI=1S/C22H24N2O5/c1-3-4-5-15-6-9-17(10-7-15)23-20(25)13-24-18-12-16(22(27)28)8-11-19(18)29-14(2)21(24)26/h6-12,14H,3-5,13H2,1-2H3,(H,23,25)(H,27,28). The predicted molar refractivity (Wildman–Crippen MR) is 110 cm³/mol. The van der Waals surface area contributed by atoms with Gasteiger partial charge in [-0.1, -0.05) is 25.5 Å². The van der Waals surface area contributed by atoms with E-state index in [4.69, 9.17) is 4.74 Å². The number of fused-ring (bicyclic) bond motifs is 1. The summed E-state index contributed by atoms with van der Waals surface area (Å²) in [6.45, 7) is 3.50. The molecule has 7 nitrogen and oxygen atoms in total. The van der Waals surface area contributed by atoms with Gasteiger partial charge in [0.1, 0.15) is 12.3 Å². The molecule has 152 valence electrons. The van der Waals surface area contributed by atoms with Gasteiger partial charge in [0.05, 0.1) is 11.3 Å². The fourth-order valence-electron chi connectivity index (χ4n) is 3.18. The topological polar surface area (TPSA) is 95.9 Å². The minimum atomic E-state index is -1.12. The maximum atomic E-state index is 12.6. The van der Waals surface area contributed by atoms with E-state index in [0.717, 1.165) is 19.3 Å². The zero-order chi connectivity index (χ0) is 21.0. The molecule has 0 aromatic heterocycles. The summed E-state index contributed by atoms with van der Waals surface area (Å²) in [6.07, 6.45) is 2.47. The molecule has 0 saturated carbocycles. The number of benzene rings is 2. The molecule has 0 aliphatic carbocycles. The maximum absolute atomic E-state index is 12.6. The number of amides is 2. The lowest BCUT2D eigenvalue weighted by Crippen LogP contribution is -2.47. The molecule has 0 radical (unpaired) electrons. The van der Waals surface area contributed by atoms with E-state index in [2.05, 4.69) is 12.2 Å². The molecule has 29 heavy (non-hydrogen) atoms. The van der Waals surface area contributed by atoms with Gasteiger partial charge in [-0.15, -0.1) is 0 Å². The van der Waals surface area contributed by atoms with Crippen molar-refractivity contribution in [3.8, 4) is 5.75 Å². The van der Waals surface area contributed by atoms with Crippen molar-refractivity contribution >= 4 is 29.2 Å². The van der Waals surface area contributed by atoms with E-state index in [9.17, 15) is 19.5 Å². The number of nitrogens with one attached hydrogen (secondary N) is 1. The van der Waals surface area contributed by atoms with Crippen LogP contribution in [-0.2, 0) is 16.0 Å². The Kier molecular flexibility index (Phi) is 6.16. The summed E-state index contributed by atoms with van der Waals surface area (Å²) >= 11 is 0. The Morgan fingerprint density at radius 3 is 2.55 bits per heavy atom. The highest BCUT2D eigenvalue weighted by molar-refractivity contribution is 6.06. The summed E-state index contributed by atoms with van der Waals surface area (Å²) in [6, 6.07) is 11.9. The van der Waals surface area contributed by atoms with E-state index in [1.807, 2.05) is 24.3 Å². The highest BCUT2D eigenvalue weighted by Gasteiger charge is 2.33. The van der Waals surface area contributed by atoms with E-state index < -0.39 is 18.0 Å². The third-order valence-corrected chi connectivity index (χ3v) is 4.77. The minimum absolute atomic E-state index is 0.0165. The highest BCUT2D eigenvalue weighted by atomic mass is 16.5. The number of hydrogen-bond donors (Lipinski definition) is 2. The predicted octanol–water partition coefficient (Wildman–Crippen LogP) is 3.48. The Morgan fingerprint density at radius 1 is 1.17 bits per heavy atom. The number of carboxylic acids is 1. The van der Waals surface area contributed by atoms with Crippen molar-refractivity contribution in [2.45, 2.75) is 39.2 Å². The van der Waals surface area contributed by atoms with Crippen molar-refractivity contribution in [1.29, 1.82) is 0 Å². The molecule has 3 rings (SSSR count).